The molecule has 6 rings (SSSR count). The summed E-state index contributed by atoms with van der Waals surface area (Å²) < 4.78 is 13.8. The van der Waals surface area contributed by atoms with Gasteiger partial charge in [-0.2, -0.15) is 5.10 Å². The lowest BCUT2D eigenvalue weighted by Crippen LogP contribution is -2.42. The first-order valence-corrected chi connectivity index (χ1v) is 15.4. The number of aromatic carboxylic acids is 1. The van der Waals surface area contributed by atoms with Crippen molar-refractivity contribution in [2.75, 3.05) is 18.0 Å². The smallest absolute Gasteiger partial charge is 0.356 e. The molecule has 0 atom stereocenters. The van der Waals surface area contributed by atoms with Crippen molar-refractivity contribution in [2.45, 2.75) is 77.5 Å². The second-order valence-corrected chi connectivity index (χ2v) is 12.6. The van der Waals surface area contributed by atoms with Crippen LogP contribution in [0.2, 0.25) is 5.02 Å². The Balaban J connectivity index is 1.20. The number of carboxylic acids is 1. The topological polar surface area (TPSA) is 123 Å². The lowest BCUT2D eigenvalue weighted by Gasteiger charge is -2.39. The average Bonchev–Trinajstić information content (AvgIpc) is 3.59. The zero-order valence-corrected chi connectivity index (χ0v) is 26.1. The van der Waals surface area contributed by atoms with E-state index in [1.54, 1.807) is 16.8 Å². The first kappa shape index (κ1) is 29.9. The third-order valence-electron chi connectivity index (χ3n) is 8.82. The van der Waals surface area contributed by atoms with Crippen LogP contribution < -0.4 is 9.64 Å². The number of benzene rings is 2. The SMILES string of the molecule is Cc1cccc(C)c1-c1noc(C2CC2)c1COc1ccc(C2(N=O)CCN(c3cc(C(=O)O)nn3C(C)C)CC2)c(Cl)c1. The third kappa shape index (κ3) is 5.47. The van der Waals surface area contributed by atoms with Crippen molar-refractivity contribution in [3.05, 3.63) is 86.1 Å². The number of piperidine rings is 1. The number of aromatic nitrogens is 3. The molecule has 0 bridgehead atoms. The molecule has 1 aliphatic heterocycles. The largest absolute Gasteiger partial charge is 0.489 e. The van der Waals surface area contributed by atoms with E-state index >= 15 is 0 Å². The zero-order chi connectivity index (χ0) is 31.2. The minimum absolute atomic E-state index is 0.00528. The van der Waals surface area contributed by atoms with Gasteiger partial charge in [-0.3, -0.25) is 0 Å². The van der Waals surface area contributed by atoms with Crippen LogP contribution in [-0.4, -0.2) is 39.1 Å². The van der Waals surface area contributed by atoms with Gasteiger partial charge in [-0.25, -0.2) is 9.48 Å². The van der Waals surface area contributed by atoms with Crippen LogP contribution >= 0.6 is 11.6 Å². The average molecular weight is 618 g/mol. The first-order chi connectivity index (χ1) is 21.1. The van der Waals surface area contributed by atoms with Gasteiger partial charge in [0, 0.05) is 42.2 Å². The highest BCUT2D eigenvalue weighted by Crippen LogP contribution is 2.46. The predicted molar refractivity (Wildman–Crippen MR) is 168 cm³/mol. The number of nitroso groups, excluding NO2 is 1. The zero-order valence-electron chi connectivity index (χ0n) is 25.3. The summed E-state index contributed by atoms with van der Waals surface area (Å²) in [6, 6.07) is 13.1. The van der Waals surface area contributed by atoms with E-state index < -0.39 is 11.5 Å². The van der Waals surface area contributed by atoms with Crippen molar-refractivity contribution < 1.29 is 19.2 Å². The summed E-state index contributed by atoms with van der Waals surface area (Å²) in [6.45, 7) is 9.32. The number of hydrogen-bond donors (Lipinski definition) is 1. The van der Waals surface area contributed by atoms with Gasteiger partial charge in [0.15, 0.2) is 5.69 Å². The molecule has 0 amide bonds. The Kier molecular flexibility index (Phi) is 7.96. The second-order valence-electron chi connectivity index (χ2n) is 12.2. The van der Waals surface area contributed by atoms with Crippen LogP contribution in [0, 0.1) is 18.8 Å². The Labute approximate surface area is 260 Å². The molecule has 2 aromatic heterocycles. The van der Waals surface area contributed by atoms with Gasteiger partial charge in [-0.05, 0) is 76.6 Å². The molecule has 0 radical (unpaired) electrons. The van der Waals surface area contributed by atoms with Crippen molar-refractivity contribution in [2.24, 2.45) is 5.18 Å². The fraction of sp³-hybridized carbons (Fsp3) is 0.424. The number of nitrogens with zero attached hydrogens (tertiary/aromatic N) is 5. The minimum atomic E-state index is -1.07. The van der Waals surface area contributed by atoms with Gasteiger partial charge < -0.3 is 19.3 Å². The fourth-order valence-electron chi connectivity index (χ4n) is 6.25. The molecule has 44 heavy (non-hydrogen) atoms. The molecule has 4 aromatic rings. The summed E-state index contributed by atoms with van der Waals surface area (Å²) in [6.07, 6.45) is 3.00. The van der Waals surface area contributed by atoms with Crippen LogP contribution in [-0.2, 0) is 12.1 Å². The number of carboxylic acid groups (broad SMARTS) is 1. The van der Waals surface area contributed by atoms with Gasteiger partial charge in [0.25, 0.3) is 0 Å². The molecule has 0 unspecified atom stereocenters. The Morgan fingerprint density at radius 2 is 1.86 bits per heavy atom. The van der Waals surface area contributed by atoms with Crippen molar-refractivity contribution in [3.63, 3.8) is 0 Å². The lowest BCUT2D eigenvalue weighted by atomic mass is 9.81. The number of halogens is 1. The highest BCUT2D eigenvalue weighted by atomic mass is 35.5. The molecule has 3 heterocycles. The van der Waals surface area contributed by atoms with Gasteiger partial charge in [0.05, 0.1) is 10.6 Å². The predicted octanol–water partition coefficient (Wildman–Crippen LogP) is 7.81. The number of aryl methyl sites for hydroxylation is 2. The van der Waals surface area contributed by atoms with Crippen LogP contribution in [0.25, 0.3) is 11.3 Å². The summed E-state index contributed by atoms with van der Waals surface area (Å²) in [4.78, 5) is 26.0. The molecule has 1 N–H and O–H groups in total. The maximum Gasteiger partial charge on any atom is 0.356 e. The van der Waals surface area contributed by atoms with Gasteiger partial charge >= 0.3 is 5.97 Å². The first-order valence-electron chi connectivity index (χ1n) is 15.0. The molecule has 230 valence electrons. The van der Waals surface area contributed by atoms with E-state index in [9.17, 15) is 14.8 Å². The van der Waals surface area contributed by atoms with Crippen LogP contribution in [0.1, 0.15) is 90.0 Å². The van der Waals surface area contributed by atoms with E-state index in [0.29, 0.717) is 54.0 Å². The number of anilines is 1. The maximum atomic E-state index is 12.4. The van der Waals surface area contributed by atoms with Gasteiger partial charge in [0.1, 0.15) is 35.2 Å². The van der Waals surface area contributed by atoms with Crippen LogP contribution in [0.15, 0.2) is 52.2 Å². The second kappa shape index (κ2) is 11.7. The van der Waals surface area contributed by atoms with E-state index in [1.807, 2.05) is 32.0 Å². The molecule has 0 spiro atoms. The van der Waals surface area contributed by atoms with Gasteiger partial charge in [-0.1, -0.05) is 46.2 Å². The molecule has 1 aliphatic carbocycles. The molecule has 2 fully saturated rings. The maximum absolute atomic E-state index is 12.4. The van der Waals surface area contributed by atoms with Crippen molar-refractivity contribution in [3.8, 4) is 17.0 Å². The molecular weight excluding hydrogens is 582 g/mol. The fourth-order valence-corrected chi connectivity index (χ4v) is 6.60. The molecule has 11 heteroatoms. The lowest BCUT2D eigenvalue weighted by molar-refractivity contribution is 0.0689. The van der Waals surface area contributed by atoms with E-state index in [2.05, 4.69) is 46.3 Å². The van der Waals surface area contributed by atoms with Crippen molar-refractivity contribution in [1.29, 1.82) is 0 Å². The van der Waals surface area contributed by atoms with E-state index in [0.717, 1.165) is 46.5 Å². The van der Waals surface area contributed by atoms with Gasteiger partial charge in [0.2, 0.25) is 0 Å². The Bertz CT molecular complexity index is 1700. The summed E-state index contributed by atoms with van der Waals surface area (Å²) in [5.41, 5.74) is 4.74. The Hall–Kier alpha value is -4.18. The highest BCUT2D eigenvalue weighted by Gasteiger charge is 2.40. The number of rotatable bonds is 10. The molecule has 2 aliphatic rings. The van der Waals surface area contributed by atoms with Gasteiger partial charge in [-0.15, -0.1) is 4.91 Å². The Morgan fingerprint density at radius 1 is 1.16 bits per heavy atom. The summed E-state index contributed by atoms with van der Waals surface area (Å²) >= 11 is 6.81. The number of ether oxygens (including phenoxy) is 1. The van der Waals surface area contributed by atoms with E-state index in [-0.39, 0.29) is 18.3 Å². The van der Waals surface area contributed by atoms with Crippen LogP contribution in [0.4, 0.5) is 5.82 Å². The Morgan fingerprint density at radius 3 is 2.45 bits per heavy atom. The summed E-state index contributed by atoms with van der Waals surface area (Å²) in [5.74, 6) is 1.47. The number of hydrogen-bond acceptors (Lipinski definition) is 8. The standard InChI is InChI=1S/C33H36ClN5O5/c1-19(2)39-28(17-27(35-39)32(40)41)38-14-12-33(37-42,13-15-38)25-11-10-23(16-26(25)34)43-18-24-30(36-44-31(24)22-8-9-22)29-20(3)6-5-7-21(29)4/h5-7,10-11,16-17,19,22H,8-9,12-15,18H2,1-4H3,(H,40,41). The van der Waals surface area contributed by atoms with Crippen molar-refractivity contribution >= 4 is 23.4 Å². The molecule has 2 aromatic carbocycles. The quantitative estimate of drug-likeness (QED) is 0.179. The molecule has 1 saturated carbocycles. The summed E-state index contributed by atoms with van der Waals surface area (Å²) in [5, 5.41) is 22.2. The van der Waals surface area contributed by atoms with Crippen molar-refractivity contribution in [1.82, 2.24) is 14.9 Å². The molecule has 1 saturated heterocycles. The van der Waals surface area contributed by atoms with E-state index in [1.165, 1.54) is 0 Å². The highest BCUT2D eigenvalue weighted by molar-refractivity contribution is 6.31. The van der Waals surface area contributed by atoms with Crippen LogP contribution in [0.5, 0.6) is 5.75 Å². The molecule has 10 nitrogen and oxygen atoms in total. The molecular formula is C33H36ClN5O5. The number of carbonyl (C=O) groups is 1. The van der Waals surface area contributed by atoms with E-state index in [4.69, 9.17) is 20.9 Å². The monoisotopic (exact) mass is 617 g/mol. The summed E-state index contributed by atoms with van der Waals surface area (Å²) in [7, 11) is 0. The van der Waals surface area contributed by atoms with Crippen LogP contribution in [0.3, 0.4) is 0 Å². The minimum Gasteiger partial charge on any atom is -0.489 e. The third-order valence-corrected chi connectivity index (χ3v) is 9.14. The normalized spacial score (nSPS) is 16.4.